The van der Waals surface area contributed by atoms with Crippen molar-refractivity contribution in [2.45, 2.75) is 39.0 Å². The van der Waals surface area contributed by atoms with Gasteiger partial charge in [-0.1, -0.05) is 12.1 Å². The Morgan fingerprint density at radius 2 is 1.76 bits per heavy atom. The topological polar surface area (TPSA) is 91.4 Å². The van der Waals surface area contributed by atoms with Crippen molar-refractivity contribution in [2.24, 2.45) is 0 Å². The lowest BCUT2D eigenvalue weighted by Crippen LogP contribution is -2.42. The molecule has 12 heteroatoms. The molecule has 3 amide bonds. The molecule has 7 nitrogen and oxygen atoms in total. The van der Waals surface area contributed by atoms with Gasteiger partial charge in [-0.25, -0.2) is 9.37 Å². The van der Waals surface area contributed by atoms with E-state index < -0.39 is 35.3 Å². The number of carbonyl (C=O) groups is 3. The van der Waals surface area contributed by atoms with E-state index in [1.54, 1.807) is 19.2 Å². The minimum absolute atomic E-state index is 0.0798. The average Bonchev–Trinajstić information content (AvgIpc) is 3.27. The zero-order chi connectivity index (χ0) is 27.2. The zero-order valence-electron chi connectivity index (χ0n) is 19.9. The van der Waals surface area contributed by atoms with Gasteiger partial charge >= 0.3 is 6.18 Å². The fourth-order valence-electron chi connectivity index (χ4n) is 3.29. The molecule has 1 heterocycles. The van der Waals surface area contributed by atoms with Crippen LogP contribution < -0.4 is 10.6 Å². The van der Waals surface area contributed by atoms with Crippen molar-refractivity contribution in [3.63, 3.8) is 0 Å². The van der Waals surface area contributed by atoms with E-state index in [1.807, 2.05) is 0 Å². The minimum atomic E-state index is -4.47. The lowest BCUT2D eigenvalue weighted by Gasteiger charge is -2.26. The van der Waals surface area contributed by atoms with Crippen LogP contribution in [0.2, 0.25) is 0 Å². The molecule has 196 valence electrons. The molecule has 3 aromatic rings. The largest absolute Gasteiger partial charge is 0.416 e. The summed E-state index contributed by atoms with van der Waals surface area (Å²) in [6.07, 6.45) is -4.60. The van der Waals surface area contributed by atoms with E-state index >= 15 is 0 Å². The summed E-state index contributed by atoms with van der Waals surface area (Å²) in [4.78, 5) is 43.0. The molecule has 2 aromatic carbocycles. The van der Waals surface area contributed by atoms with E-state index in [9.17, 15) is 31.9 Å². The molecular weight excluding hydrogens is 512 g/mol. The van der Waals surface area contributed by atoms with Crippen molar-refractivity contribution in [3.05, 3.63) is 82.1 Å². The second-order valence-electron chi connectivity index (χ2n) is 8.38. The second kappa shape index (κ2) is 12.0. The number of hydrogen-bond acceptors (Lipinski definition) is 5. The number of thiazole rings is 1. The number of rotatable bonds is 9. The Morgan fingerprint density at radius 3 is 2.41 bits per heavy atom. The van der Waals surface area contributed by atoms with E-state index in [0.717, 1.165) is 23.5 Å². The molecule has 0 aliphatic rings. The highest BCUT2D eigenvalue weighted by atomic mass is 32.1. The average molecular weight is 537 g/mol. The predicted octanol–water partition coefficient (Wildman–Crippen LogP) is 4.65. The molecule has 0 atom stereocenters. The van der Waals surface area contributed by atoms with Crippen LogP contribution in [0.3, 0.4) is 0 Å². The molecule has 1 aromatic heterocycles. The van der Waals surface area contributed by atoms with Crippen molar-refractivity contribution in [3.8, 4) is 0 Å². The molecule has 0 radical (unpaired) electrons. The first-order valence-corrected chi connectivity index (χ1v) is 12.0. The van der Waals surface area contributed by atoms with Crippen molar-refractivity contribution in [1.29, 1.82) is 0 Å². The predicted molar refractivity (Wildman–Crippen MR) is 130 cm³/mol. The molecular formula is C25H24F4N4O3S. The minimum Gasteiger partial charge on any atom is -0.352 e. The van der Waals surface area contributed by atoms with E-state index in [4.69, 9.17) is 0 Å². The lowest BCUT2D eigenvalue weighted by atomic mass is 10.1. The molecule has 0 spiro atoms. The molecule has 37 heavy (non-hydrogen) atoms. The van der Waals surface area contributed by atoms with Crippen molar-refractivity contribution >= 4 is 34.2 Å². The third kappa shape index (κ3) is 8.10. The normalized spacial score (nSPS) is 11.3. The van der Waals surface area contributed by atoms with Crippen LogP contribution in [0.5, 0.6) is 0 Å². The Labute approximate surface area is 214 Å². The highest BCUT2D eigenvalue weighted by Crippen LogP contribution is 2.29. The standard InChI is InChI=1S/C25H24F4N4O3S/c1-15(2)33(23(36)17-6-8-19(26)9-7-17)13-22(35)32-24-31-20(14-37-24)11-21(34)30-12-16-4-3-5-18(10-16)25(27,28)29/h3-10,14-15H,11-13H2,1-2H3,(H,30,34)(H,31,32,35). The van der Waals surface area contributed by atoms with Gasteiger partial charge in [0.2, 0.25) is 11.8 Å². The number of hydrogen-bond donors (Lipinski definition) is 2. The number of anilines is 1. The van der Waals surface area contributed by atoms with E-state index in [0.29, 0.717) is 11.3 Å². The Bertz CT molecular complexity index is 1260. The highest BCUT2D eigenvalue weighted by Gasteiger charge is 2.30. The summed E-state index contributed by atoms with van der Waals surface area (Å²) in [5.41, 5.74) is 0.120. The summed E-state index contributed by atoms with van der Waals surface area (Å²) in [6, 6.07) is 9.38. The Kier molecular flexibility index (Phi) is 8.98. The third-order valence-electron chi connectivity index (χ3n) is 5.17. The van der Waals surface area contributed by atoms with Gasteiger partial charge in [0.05, 0.1) is 17.7 Å². The maximum Gasteiger partial charge on any atom is 0.416 e. The summed E-state index contributed by atoms with van der Waals surface area (Å²) in [6.45, 7) is 3.15. The quantitative estimate of drug-likeness (QED) is 0.390. The molecule has 0 bridgehead atoms. The van der Waals surface area contributed by atoms with Gasteiger partial charge in [-0.05, 0) is 55.8 Å². The van der Waals surface area contributed by atoms with Crippen molar-refractivity contribution < 1.29 is 31.9 Å². The van der Waals surface area contributed by atoms with E-state index in [1.165, 1.54) is 41.3 Å². The molecule has 0 unspecified atom stereocenters. The van der Waals surface area contributed by atoms with Gasteiger partial charge in [-0.3, -0.25) is 14.4 Å². The van der Waals surface area contributed by atoms with Crippen LogP contribution in [0.15, 0.2) is 53.9 Å². The van der Waals surface area contributed by atoms with Crippen LogP contribution in [0.4, 0.5) is 22.7 Å². The Hall–Kier alpha value is -3.80. The van der Waals surface area contributed by atoms with Gasteiger partial charge in [-0.15, -0.1) is 11.3 Å². The maximum absolute atomic E-state index is 13.2. The van der Waals surface area contributed by atoms with Crippen molar-refractivity contribution in [1.82, 2.24) is 15.2 Å². The fraction of sp³-hybridized carbons (Fsp3) is 0.280. The highest BCUT2D eigenvalue weighted by molar-refractivity contribution is 7.13. The number of nitrogens with zero attached hydrogens (tertiary/aromatic N) is 2. The summed E-state index contributed by atoms with van der Waals surface area (Å²) >= 11 is 1.09. The summed E-state index contributed by atoms with van der Waals surface area (Å²) in [7, 11) is 0. The Morgan fingerprint density at radius 1 is 1.05 bits per heavy atom. The van der Waals surface area contributed by atoms with Crippen LogP contribution in [-0.2, 0) is 28.7 Å². The summed E-state index contributed by atoms with van der Waals surface area (Å²) < 4.78 is 51.7. The van der Waals surface area contributed by atoms with E-state index in [-0.39, 0.29) is 36.2 Å². The van der Waals surface area contributed by atoms with Crippen LogP contribution in [0.25, 0.3) is 0 Å². The van der Waals surface area contributed by atoms with Crippen LogP contribution in [0, 0.1) is 5.82 Å². The first-order chi connectivity index (χ1) is 17.4. The van der Waals surface area contributed by atoms with Gasteiger partial charge in [0, 0.05) is 23.5 Å². The van der Waals surface area contributed by atoms with Gasteiger partial charge in [-0.2, -0.15) is 13.2 Å². The molecule has 0 fully saturated rings. The molecule has 0 saturated carbocycles. The molecule has 2 N–H and O–H groups in total. The number of carbonyl (C=O) groups excluding carboxylic acids is 3. The second-order valence-corrected chi connectivity index (χ2v) is 9.24. The number of nitrogens with one attached hydrogen (secondary N) is 2. The van der Waals surface area contributed by atoms with Crippen LogP contribution in [-0.4, -0.2) is 40.2 Å². The molecule has 0 aliphatic carbocycles. The first-order valence-electron chi connectivity index (χ1n) is 11.2. The van der Waals surface area contributed by atoms with E-state index in [2.05, 4.69) is 15.6 Å². The van der Waals surface area contributed by atoms with Crippen LogP contribution >= 0.6 is 11.3 Å². The molecule has 3 rings (SSSR count). The number of aromatic nitrogens is 1. The maximum atomic E-state index is 13.2. The van der Waals surface area contributed by atoms with Gasteiger partial charge in [0.25, 0.3) is 5.91 Å². The number of benzene rings is 2. The van der Waals surface area contributed by atoms with Gasteiger partial charge < -0.3 is 15.5 Å². The Balaban J connectivity index is 1.52. The molecule has 0 saturated heterocycles. The third-order valence-corrected chi connectivity index (χ3v) is 5.98. The SMILES string of the molecule is CC(C)N(CC(=O)Nc1nc(CC(=O)NCc2cccc(C(F)(F)F)c2)cs1)C(=O)c1ccc(F)cc1. The fourth-order valence-corrected chi connectivity index (χ4v) is 4.02. The lowest BCUT2D eigenvalue weighted by molar-refractivity contribution is -0.137. The first kappa shape index (κ1) is 27.8. The smallest absolute Gasteiger partial charge is 0.352 e. The summed E-state index contributed by atoms with van der Waals surface area (Å²) in [5.74, 6) is -1.85. The zero-order valence-corrected chi connectivity index (χ0v) is 20.8. The monoisotopic (exact) mass is 536 g/mol. The number of halogens is 4. The van der Waals surface area contributed by atoms with Gasteiger partial charge in [0.1, 0.15) is 12.4 Å². The van der Waals surface area contributed by atoms with Gasteiger partial charge in [0.15, 0.2) is 5.13 Å². The number of amides is 3. The van der Waals surface area contributed by atoms with Crippen LogP contribution in [0.1, 0.15) is 41.0 Å². The summed E-state index contributed by atoms with van der Waals surface area (Å²) in [5, 5.41) is 6.94. The molecule has 0 aliphatic heterocycles. The van der Waals surface area contributed by atoms with Crippen molar-refractivity contribution in [2.75, 3.05) is 11.9 Å². The number of alkyl halides is 3.